The number of rotatable bonds is 3. The monoisotopic (exact) mass is 396 g/mol. The lowest BCUT2D eigenvalue weighted by molar-refractivity contribution is -0.129. The number of para-hydroxylation sites is 2. The lowest BCUT2D eigenvalue weighted by atomic mass is 9.98. The van der Waals surface area contributed by atoms with Gasteiger partial charge in [0, 0.05) is 24.7 Å². The van der Waals surface area contributed by atoms with E-state index in [1.807, 2.05) is 56.9 Å². The molecule has 0 radical (unpaired) electrons. The van der Waals surface area contributed by atoms with Crippen LogP contribution in [0.1, 0.15) is 46.2 Å². The number of likely N-dealkylation sites (tertiary alicyclic amines) is 1. The van der Waals surface area contributed by atoms with Crippen LogP contribution in [-0.2, 0) is 9.53 Å². The van der Waals surface area contributed by atoms with E-state index in [9.17, 15) is 9.59 Å². The summed E-state index contributed by atoms with van der Waals surface area (Å²) in [5, 5.41) is 2.90. The summed E-state index contributed by atoms with van der Waals surface area (Å²) in [7, 11) is 0. The molecule has 1 saturated heterocycles. The van der Waals surface area contributed by atoms with Gasteiger partial charge < -0.3 is 15.0 Å². The van der Waals surface area contributed by atoms with Crippen LogP contribution in [0, 0.1) is 0 Å². The van der Waals surface area contributed by atoms with Gasteiger partial charge in [-0.25, -0.2) is 9.78 Å². The number of hydrogen-bond acceptors (Lipinski definition) is 5. The molecule has 7 heteroatoms. The predicted octanol–water partition coefficient (Wildman–Crippen LogP) is 3.55. The van der Waals surface area contributed by atoms with E-state index in [4.69, 9.17) is 4.74 Å². The van der Waals surface area contributed by atoms with E-state index in [1.54, 1.807) is 12.3 Å². The van der Waals surface area contributed by atoms with Gasteiger partial charge in [-0.3, -0.25) is 9.78 Å². The topological polar surface area (TPSA) is 84.4 Å². The molecular weight excluding hydrogens is 368 g/mol. The third-order valence-corrected chi connectivity index (χ3v) is 4.74. The molecule has 3 rings (SSSR count). The molecule has 154 valence electrons. The van der Waals surface area contributed by atoms with Crippen LogP contribution in [0.2, 0.25) is 0 Å². The number of ether oxygens (including phenoxy) is 1. The largest absolute Gasteiger partial charge is 0.444 e. The Bertz CT molecular complexity index is 920. The number of hydrogen-bond donors (Lipinski definition) is 1. The van der Waals surface area contributed by atoms with E-state index in [2.05, 4.69) is 15.3 Å². The molecule has 1 aliphatic rings. The quantitative estimate of drug-likeness (QED) is 0.802. The fourth-order valence-corrected chi connectivity index (χ4v) is 3.41. The van der Waals surface area contributed by atoms with Crippen LogP contribution in [-0.4, -0.2) is 51.1 Å². The summed E-state index contributed by atoms with van der Waals surface area (Å²) in [6.07, 6.45) is 5.86. The van der Waals surface area contributed by atoms with Crippen molar-refractivity contribution in [3.8, 4) is 0 Å². The highest BCUT2D eigenvalue weighted by Crippen LogP contribution is 2.19. The fraction of sp³-hybridized carbons (Fsp3) is 0.455. The Balaban J connectivity index is 1.56. The summed E-state index contributed by atoms with van der Waals surface area (Å²) in [5.41, 5.74) is 1.74. The van der Waals surface area contributed by atoms with Crippen molar-refractivity contribution < 1.29 is 14.3 Å². The first-order valence-corrected chi connectivity index (χ1v) is 9.91. The number of nitrogens with one attached hydrogen (secondary N) is 1. The molecule has 2 heterocycles. The zero-order chi connectivity index (χ0) is 21.0. The van der Waals surface area contributed by atoms with Gasteiger partial charge in [-0.2, -0.15) is 0 Å². The third-order valence-electron chi connectivity index (χ3n) is 4.74. The van der Waals surface area contributed by atoms with Crippen LogP contribution in [0.15, 0.2) is 36.5 Å². The first-order chi connectivity index (χ1) is 13.7. The van der Waals surface area contributed by atoms with Gasteiger partial charge in [-0.15, -0.1) is 0 Å². The van der Waals surface area contributed by atoms with Gasteiger partial charge >= 0.3 is 6.09 Å². The van der Waals surface area contributed by atoms with E-state index in [1.165, 1.54) is 6.08 Å². The Morgan fingerprint density at radius 3 is 2.66 bits per heavy atom. The lowest BCUT2D eigenvalue weighted by Crippen LogP contribution is -2.51. The number of nitrogens with zero attached hydrogens (tertiary/aromatic N) is 3. The van der Waals surface area contributed by atoms with Crippen molar-refractivity contribution in [1.82, 2.24) is 20.2 Å². The molecular formula is C22H28N4O3. The Morgan fingerprint density at radius 2 is 1.97 bits per heavy atom. The molecule has 2 unspecified atom stereocenters. The van der Waals surface area contributed by atoms with Crippen molar-refractivity contribution in [2.24, 2.45) is 0 Å². The van der Waals surface area contributed by atoms with Crippen molar-refractivity contribution in [2.45, 2.75) is 58.2 Å². The standard InChI is InChI=1S/C22H28N4O3/c1-15-13-16(25-21(28)29-22(2,3)4)11-12-26(15)20(27)10-9-17-14-23-18-7-5-6-8-19(18)24-17/h5-10,14-16H,11-13H2,1-4H3,(H,25,28). The molecule has 0 aliphatic carbocycles. The second-order valence-electron chi connectivity index (χ2n) is 8.37. The minimum Gasteiger partial charge on any atom is -0.444 e. The average molecular weight is 396 g/mol. The third kappa shape index (κ3) is 5.76. The van der Waals surface area contributed by atoms with E-state index in [-0.39, 0.29) is 18.0 Å². The summed E-state index contributed by atoms with van der Waals surface area (Å²) in [6, 6.07) is 7.64. The van der Waals surface area contributed by atoms with Gasteiger partial charge in [0.2, 0.25) is 5.91 Å². The smallest absolute Gasteiger partial charge is 0.407 e. The van der Waals surface area contributed by atoms with Crippen molar-refractivity contribution >= 4 is 29.1 Å². The second kappa shape index (κ2) is 8.59. The number of carbonyl (C=O) groups excluding carboxylic acids is 2. The Hall–Kier alpha value is -2.96. The number of aromatic nitrogens is 2. The first-order valence-electron chi connectivity index (χ1n) is 9.91. The Labute approximate surface area is 171 Å². The maximum Gasteiger partial charge on any atom is 0.407 e. The number of carbonyl (C=O) groups is 2. The van der Waals surface area contributed by atoms with Crippen LogP contribution in [0.5, 0.6) is 0 Å². The van der Waals surface area contributed by atoms with Crippen molar-refractivity contribution in [3.05, 3.63) is 42.2 Å². The predicted molar refractivity (Wildman–Crippen MR) is 112 cm³/mol. The molecule has 1 N–H and O–H groups in total. The maximum atomic E-state index is 12.6. The molecule has 1 aromatic heterocycles. The number of benzene rings is 1. The summed E-state index contributed by atoms with van der Waals surface area (Å²) < 4.78 is 5.31. The van der Waals surface area contributed by atoms with E-state index in [0.29, 0.717) is 25.1 Å². The van der Waals surface area contributed by atoms with Crippen LogP contribution >= 0.6 is 0 Å². The highest BCUT2D eigenvalue weighted by Gasteiger charge is 2.29. The molecule has 2 atom stereocenters. The zero-order valence-corrected chi connectivity index (χ0v) is 17.4. The fourth-order valence-electron chi connectivity index (χ4n) is 3.41. The summed E-state index contributed by atoms with van der Waals surface area (Å²) in [5.74, 6) is -0.0665. The van der Waals surface area contributed by atoms with Crippen LogP contribution in [0.3, 0.4) is 0 Å². The Morgan fingerprint density at radius 1 is 1.24 bits per heavy atom. The summed E-state index contributed by atoms with van der Waals surface area (Å²) in [6.45, 7) is 8.08. The first kappa shape index (κ1) is 20.8. The minimum atomic E-state index is -0.525. The molecule has 29 heavy (non-hydrogen) atoms. The van der Waals surface area contributed by atoms with Gasteiger partial charge in [0.1, 0.15) is 5.60 Å². The molecule has 0 spiro atoms. The SMILES string of the molecule is CC1CC(NC(=O)OC(C)(C)C)CCN1C(=O)C=Cc1cnc2ccccc2n1. The molecule has 1 aliphatic heterocycles. The Kier molecular flexibility index (Phi) is 6.15. The molecule has 1 fully saturated rings. The van der Waals surface area contributed by atoms with Crippen molar-refractivity contribution in [3.63, 3.8) is 0 Å². The number of piperidine rings is 1. The van der Waals surface area contributed by atoms with Gasteiger partial charge in [0.25, 0.3) is 0 Å². The normalized spacial score (nSPS) is 20.1. The number of alkyl carbamates (subject to hydrolysis) is 1. The zero-order valence-electron chi connectivity index (χ0n) is 17.4. The van der Waals surface area contributed by atoms with Crippen molar-refractivity contribution in [1.29, 1.82) is 0 Å². The maximum absolute atomic E-state index is 12.6. The summed E-state index contributed by atoms with van der Waals surface area (Å²) >= 11 is 0. The number of fused-ring (bicyclic) bond motifs is 1. The minimum absolute atomic E-state index is 0.000709. The van der Waals surface area contributed by atoms with Gasteiger partial charge in [-0.1, -0.05) is 12.1 Å². The van der Waals surface area contributed by atoms with E-state index < -0.39 is 11.7 Å². The van der Waals surface area contributed by atoms with E-state index >= 15 is 0 Å². The highest BCUT2D eigenvalue weighted by molar-refractivity contribution is 5.92. The molecule has 2 aromatic rings. The van der Waals surface area contributed by atoms with Crippen molar-refractivity contribution in [2.75, 3.05) is 6.54 Å². The molecule has 0 bridgehead atoms. The van der Waals surface area contributed by atoms with Crippen LogP contribution in [0.25, 0.3) is 17.1 Å². The lowest BCUT2D eigenvalue weighted by Gasteiger charge is -2.37. The average Bonchev–Trinajstić information content (AvgIpc) is 2.64. The molecule has 0 saturated carbocycles. The summed E-state index contributed by atoms with van der Waals surface area (Å²) in [4.78, 5) is 35.3. The van der Waals surface area contributed by atoms with E-state index in [0.717, 1.165) is 11.0 Å². The number of amides is 2. The highest BCUT2D eigenvalue weighted by atomic mass is 16.6. The molecule has 7 nitrogen and oxygen atoms in total. The van der Waals surface area contributed by atoms with Crippen LogP contribution < -0.4 is 5.32 Å². The van der Waals surface area contributed by atoms with Crippen LogP contribution in [0.4, 0.5) is 4.79 Å². The molecule has 2 amide bonds. The van der Waals surface area contributed by atoms with Gasteiger partial charge in [-0.05, 0) is 58.7 Å². The second-order valence-corrected chi connectivity index (χ2v) is 8.37. The van der Waals surface area contributed by atoms with Gasteiger partial charge in [0.05, 0.1) is 22.9 Å². The van der Waals surface area contributed by atoms with Gasteiger partial charge in [0.15, 0.2) is 0 Å². The molecule has 1 aromatic carbocycles.